The number of hydrogen-bond acceptors (Lipinski definition) is 4. The first-order valence-electron chi connectivity index (χ1n) is 13.5. The number of unbranched alkanes of at least 4 members (excludes halogenated alkanes) is 1. The van der Waals surface area contributed by atoms with Crippen LogP contribution in [0.5, 0.6) is 5.75 Å². The molecule has 9 heteroatoms. The van der Waals surface area contributed by atoms with E-state index in [0.29, 0.717) is 41.9 Å². The Labute approximate surface area is 238 Å². The van der Waals surface area contributed by atoms with Crippen molar-refractivity contribution in [3.05, 3.63) is 98.2 Å². The van der Waals surface area contributed by atoms with Gasteiger partial charge in [0.25, 0.3) is 5.56 Å². The molecule has 1 heterocycles. The topological polar surface area (TPSA) is 97.6 Å². The lowest BCUT2D eigenvalue weighted by Crippen LogP contribution is -2.40. The van der Waals surface area contributed by atoms with Crippen molar-refractivity contribution in [1.82, 2.24) is 9.88 Å². The van der Waals surface area contributed by atoms with Gasteiger partial charge in [0.15, 0.2) is 0 Å². The minimum atomic E-state index is -1.07. The molecule has 0 fully saturated rings. The Kier molecular flexibility index (Phi) is 11.3. The van der Waals surface area contributed by atoms with Gasteiger partial charge >= 0.3 is 5.97 Å². The molecule has 40 heavy (non-hydrogen) atoms. The Morgan fingerprint density at radius 1 is 1.10 bits per heavy atom. The number of carbonyl (C=O) groups excluding carboxylic acids is 1. The fraction of sp³-hybridized carbons (Fsp3) is 0.387. The molecule has 1 amide bonds. The Hall–Kier alpha value is -3.65. The van der Waals surface area contributed by atoms with Crippen LogP contribution in [0.4, 0.5) is 4.39 Å². The van der Waals surface area contributed by atoms with Gasteiger partial charge in [0.1, 0.15) is 17.6 Å². The van der Waals surface area contributed by atoms with E-state index in [-0.39, 0.29) is 23.4 Å². The number of carbonyl (C=O) groups is 2. The largest absolute Gasteiger partial charge is 0.494 e. The normalized spacial score (nSPS) is 12.5. The number of benzene rings is 2. The summed E-state index contributed by atoms with van der Waals surface area (Å²) in [5, 5.41) is 12.7. The third-order valence-corrected chi connectivity index (χ3v) is 6.90. The minimum absolute atomic E-state index is 0.175. The highest BCUT2D eigenvalue weighted by atomic mass is 35.5. The van der Waals surface area contributed by atoms with E-state index in [9.17, 15) is 23.9 Å². The van der Waals surface area contributed by atoms with Gasteiger partial charge in [0, 0.05) is 23.2 Å². The molecule has 0 saturated heterocycles. The highest BCUT2D eigenvalue weighted by Crippen LogP contribution is 2.25. The van der Waals surface area contributed by atoms with E-state index in [2.05, 4.69) is 5.32 Å². The summed E-state index contributed by atoms with van der Waals surface area (Å²) in [6.45, 7) is 6.32. The van der Waals surface area contributed by atoms with E-state index < -0.39 is 29.8 Å². The first-order valence-corrected chi connectivity index (χ1v) is 13.9. The third kappa shape index (κ3) is 8.42. The summed E-state index contributed by atoms with van der Waals surface area (Å²) in [6, 6.07) is 11.1. The number of aryl methyl sites for hydroxylation is 1. The summed E-state index contributed by atoms with van der Waals surface area (Å²) in [5.41, 5.74) is 2.03. The van der Waals surface area contributed by atoms with Crippen molar-refractivity contribution in [3.8, 4) is 5.75 Å². The maximum atomic E-state index is 13.7. The monoisotopic (exact) mass is 570 g/mol. The van der Waals surface area contributed by atoms with Crippen LogP contribution in [0.1, 0.15) is 80.3 Å². The Bertz CT molecular complexity index is 1390. The van der Waals surface area contributed by atoms with E-state index in [4.69, 9.17) is 16.3 Å². The van der Waals surface area contributed by atoms with Crippen LogP contribution in [0.15, 0.2) is 59.5 Å². The number of hydrogen-bond donors (Lipinski definition) is 2. The van der Waals surface area contributed by atoms with E-state index >= 15 is 0 Å². The average Bonchev–Trinajstić information content (AvgIpc) is 2.91. The van der Waals surface area contributed by atoms with Crippen LogP contribution in [-0.2, 0) is 16.0 Å². The molecule has 0 aliphatic rings. The lowest BCUT2D eigenvalue weighted by atomic mass is 10.0. The molecule has 2 N–H and O–H groups in total. The number of ether oxygens (including phenoxy) is 1. The smallest absolute Gasteiger partial charge is 0.305 e. The van der Waals surface area contributed by atoms with Crippen molar-refractivity contribution >= 4 is 23.5 Å². The lowest BCUT2D eigenvalue weighted by molar-refractivity contribution is -0.138. The molecule has 1 unspecified atom stereocenters. The number of aromatic nitrogens is 1. The maximum Gasteiger partial charge on any atom is 0.305 e. The number of nitrogens with one attached hydrogen (secondary N) is 1. The second kappa shape index (κ2) is 14.7. The number of amides is 1. The Morgan fingerprint density at radius 2 is 1.88 bits per heavy atom. The molecule has 1 aromatic heterocycles. The third-order valence-electron chi connectivity index (χ3n) is 6.55. The van der Waals surface area contributed by atoms with Gasteiger partial charge in [-0.1, -0.05) is 56.5 Å². The zero-order valence-corrected chi connectivity index (χ0v) is 23.8. The lowest BCUT2D eigenvalue weighted by Gasteiger charge is -2.25. The van der Waals surface area contributed by atoms with Gasteiger partial charge in [0.2, 0.25) is 5.91 Å². The van der Waals surface area contributed by atoms with E-state index in [1.807, 2.05) is 20.8 Å². The van der Waals surface area contributed by atoms with Crippen LogP contribution in [0, 0.1) is 12.7 Å². The standard InChI is InChI=1S/C31H36ClFN2O5/c1-4-6-10-28(30(38)34-27(18-29(36)37)22-8-7-9-25(16-22)40-13-5-2)35-19-20(3)14-23(31(35)39)15-21-11-12-24(33)17-26(21)32/h7-9,11-12,14,16-17,19,27-28H,4-6,10,13,15,18H2,1-3H3,(H,34,38)(H,36,37)/t27-,28?/m0/s1. The summed E-state index contributed by atoms with van der Waals surface area (Å²) >= 11 is 6.22. The molecular weight excluding hydrogens is 535 g/mol. The summed E-state index contributed by atoms with van der Waals surface area (Å²) in [7, 11) is 0. The maximum absolute atomic E-state index is 13.7. The number of carboxylic acid groups (broad SMARTS) is 1. The predicted octanol–water partition coefficient (Wildman–Crippen LogP) is 6.39. The van der Waals surface area contributed by atoms with E-state index in [1.165, 1.54) is 16.7 Å². The number of halogens is 2. The fourth-order valence-corrected chi connectivity index (χ4v) is 4.81. The second-order valence-corrected chi connectivity index (χ2v) is 10.3. The molecule has 0 saturated carbocycles. The molecular formula is C31H36ClFN2O5. The van der Waals surface area contributed by atoms with Gasteiger partial charge in [-0.05, 0) is 66.8 Å². The highest BCUT2D eigenvalue weighted by Gasteiger charge is 2.27. The fourth-order valence-electron chi connectivity index (χ4n) is 4.58. The molecule has 0 aliphatic heterocycles. The van der Waals surface area contributed by atoms with Gasteiger partial charge in [-0.2, -0.15) is 0 Å². The van der Waals surface area contributed by atoms with Crippen LogP contribution in [0.25, 0.3) is 0 Å². The van der Waals surface area contributed by atoms with Crippen molar-refractivity contribution in [1.29, 1.82) is 0 Å². The zero-order valence-electron chi connectivity index (χ0n) is 23.1. The number of pyridine rings is 1. The van der Waals surface area contributed by atoms with Crippen LogP contribution in [0.2, 0.25) is 5.02 Å². The molecule has 0 aliphatic carbocycles. The SMILES string of the molecule is CCCCC(C(=O)N[C@@H](CC(=O)O)c1cccc(OCCC)c1)n1cc(C)cc(Cc2ccc(F)cc2Cl)c1=O. The van der Waals surface area contributed by atoms with Gasteiger partial charge in [-0.3, -0.25) is 14.4 Å². The number of aliphatic carboxylic acids is 1. The second-order valence-electron chi connectivity index (χ2n) is 9.91. The zero-order chi connectivity index (χ0) is 29.2. The first kappa shape index (κ1) is 30.9. The van der Waals surface area contributed by atoms with Crippen LogP contribution in [0.3, 0.4) is 0 Å². The van der Waals surface area contributed by atoms with E-state index in [0.717, 1.165) is 18.4 Å². The van der Waals surface area contributed by atoms with Crippen LogP contribution in [-0.4, -0.2) is 28.2 Å². The molecule has 2 aromatic carbocycles. The average molecular weight is 571 g/mol. The summed E-state index contributed by atoms with van der Waals surface area (Å²) in [6.07, 6.45) is 4.18. The molecule has 0 radical (unpaired) electrons. The number of nitrogens with zero attached hydrogens (tertiary/aromatic N) is 1. The Balaban J connectivity index is 1.96. The first-order chi connectivity index (χ1) is 19.1. The molecule has 3 rings (SSSR count). The molecule has 0 spiro atoms. The predicted molar refractivity (Wildman–Crippen MR) is 154 cm³/mol. The van der Waals surface area contributed by atoms with Gasteiger partial charge in [-0.25, -0.2) is 4.39 Å². The quantitative estimate of drug-likeness (QED) is 0.234. The van der Waals surface area contributed by atoms with Gasteiger partial charge in [0.05, 0.1) is 19.1 Å². The van der Waals surface area contributed by atoms with Gasteiger partial charge in [-0.15, -0.1) is 0 Å². The summed E-state index contributed by atoms with van der Waals surface area (Å²) in [5.74, 6) is -1.39. The minimum Gasteiger partial charge on any atom is -0.494 e. The Morgan fingerprint density at radius 3 is 2.55 bits per heavy atom. The van der Waals surface area contributed by atoms with E-state index in [1.54, 1.807) is 42.6 Å². The number of carboxylic acids is 1. The van der Waals surface area contributed by atoms with Crippen molar-refractivity contribution in [3.63, 3.8) is 0 Å². The molecule has 214 valence electrons. The van der Waals surface area contributed by atoms with Crippen molar-refractivity contribution in [2.45, 2.75) is 71.4 Å². The molecule has 7 nitrogen and oxygen atoms in total. The number of rotatable bonds is 14. The van der Waals surface area contributed by atoms with Gasteiger partial charge < -0.3 is 19.7 Å². The van der Waals surface area contributed by atoms with Crippen molar-refractivity contribution in [2.24, 2.45) is 0 Å². The highest BCUT2D eigenvalue weighted by molar-refractivity contribution is 6.31. The summed E-state index contributed by atoms with van der Waals surface area (Å²) < 4.78 is 20.7. The molecule has 2 atom stereocenters. The van der Waals surface area contributed by atoms with Crippen molar-refractivity contribution in [2.75, 3.05) is 6.61 Å². The van der Waals surface area contributed by atoms with Crippen LogP contribution < -0.4 is 15.6 Å². The van der Waals surface area contributed by atoms with Crippen LogP contribution >= 0.6 is 11.6 Å². The summed E-state index contributed by atoms with van der Waals surface area (Å²) in [4.78, 5) is 39.1. The van der Waals surface area contributed by atoms with Crippen molar-refractivity contribution < 1.29 is 23.8 Å². The molecule has 3 aromatic rings. The molecule has 0 bridgehead atoms.